The topological polar surface area (TPSA) is 87.2 Å². The van der Waals surface area contributed by atoms with Gasteiger partial charge in [-0.15, -0.1) is 0 Å². The SMILES string of the molecule is COC(=O)Cn1nc(C)c2c(C)onc2c1=O. The van der Waals surface area contributed by atoms with Gasteiger partial charge in [-0.25, -0.2) is 4.68 Å². The summed E-state index contributed by atoms with van der Waals surface area (Å²) in [5.74, 6) is -0.00844. The van der Waals surface area contributed by atoms with Gasteiger partial charge in [-0.05, 0) is 13.8 Å². The summed E-state index contributed by atoms with van der Waals surface area (Å²) < 4.78 is 10.4. The highest BCUT2D eigenvalue weighted by molar-refractivity contribution is 5.81. The number of methoxy groups -OCH3 is 1. The fourth-order valence-electron chi connectivity index (χ4n) is 1.64. The summed E-state index contributed by atoms with van der Waals surface area (Å²) in [6.45, 7) is 3.19. The van der Waals surface area contributed by atoms with E-state index in [0.29, 0.717) is 16.8 Å². The maximum absolute atomic E-state index is 11.9. The molecule has 2 aromatic rings. The van der Waals surface area contributed by atoms with Crippen molar-refractivity contribution in [2.75, 3.05) is 7.11 Å². The van der Waals surface area contributed by atoms with Crippen molar-refractivity contribution in [1.29, 1.82) is 0 Å². The van der Waals surface area contributed by atoms with Crippen molar-refractivity contribution in [2.24, 2.45) is 0 Å². The minimum absolute atomic E-state index is 0.180. The summed E-state index contributed by atoms with van der Waals surface area (Å²) in [4.78, 5) is 23.0. The number of hydrogen-bond acceptors (Lipinski definition) is 6. The van der Waals surface area contributed by atoms with Crippen LogP contribution in [0.4, 0.5) is 0 Å². The van der Waals surface area contributed by atoms with Crippen LogP contribution in [0, 0.1) is 13.8 Å². The Morgan fingerprint density at radius 2 is 2.18 bits per heavy atom. The zero-order valence-corrected chi connectivity index (χ0v) is 9.68. The number of rotatable bonds is 2. The van der Waals surface area contributed by atoms with Gasteiger partial charge >= 0.3 is 5.97 Å². The van der Waals surface area contributed by atoms with Crippen molar-refractivity contribution in [1.82, 2.24) is 14.9 Å². The molecular weight excluding hydrogens is 226 g/mol. The van der Waals surface area contributed by atoms with Crippen molar-refractivity contribution in [3.8, 4) is 0 Å². The van der Waals surface area contributed by atoms with Crippen molar-refractivity contribution < 1.29 is 14.1 Å². The Morgan fingerprint density at radius 3 is 2.82 bits per heavy atom. The van der Waals surface area contributed by atoms with E-state index in [0.717, 1.165) is 4.68 Å². The Bertz CT molecular complexity index is 641. The van der Waals surface area contributed by atoms with Crippen LogP contribution in [0.5, 0.6) is 0 Å². The molecule has 0 aliphatic rings. The molecule has 0 saturated carbocycles. The Kier molecular flexibility index (Phi) is 2.66. The number of hydrogen-bond donors (Lipinski definition) is 0. The molecule has 0 aromatic carbocycles. The Hall–Kier alpha value is -2.18. The Morgan fingerprint density at radius 1 is 1.47 bits per heavy atom. The summed E-state index contributed by atoms with van der Waals surface area (Å²) in [5, 5.41) is 8.29. The minimum atomic E-state index is -0.543. The lowest BCUT2D eigenvalue weighted by atomic mass is 10.2. The van der Waals surface area contributed by atoms with Gasteiger partial charge in [0.25, 0.3) is 5.56 Å². The highest BCUT2D eigenvalue weighted by Crippen LogP contribution is 2.16. The summed E-state index contributed by atoms with van der Waals surface area (Å²) in [6.07, 6.45) is 0. The molecule has 2 aromatic heterocycles. The molecule has 0 fully saturated rings. The third kappa shape index (κ3) is 1.79. The van der Waals surface area contributed by atoms with Gasteiger partial charge < -0.3 is 9.26 Å². The van der Waals surface area contributed by atoms with Crippen LogP contribution >= 0.6 is 0 Å². The normalized spacial score (nSPS) is 10.8. The van der Waals surface area contributed by atoms with Crippen molar-refractivity contribution in [2.45, 2.75) is 20.4 Å². The first-order chi connectivity index (χ1) is 8.04. The molecule has 2 heterocycles. The number of aryl methyl sites for hydroxylation is 2. The molecule has 0 N–H and O–H groups in total. The molecule has 0 saturated heterocycles. The first-order valence-corrected chi connectivity index (χ1v) is 4.95. The van der Waals surface area contributed by atoms with E-state index in [2.05, 4.69) is 15.0 Å². The second kappa shape index (κ2) is 4.00. The third-order valence-electron chi connectivity index (χ3n) is 2.44. The van der Waals surface area contributed by atoms with Crippen LogP contribution < -0.4 is 5.56 Å². The molecule has 7 heteroatoms. The lowest BCUT2D eigenvalue weighted by molar-refractivity contribution is -0.141. The summed E-state index contributed by atoms with van der Waals surface area (Å²) >= 11 is 0. The fraction of sp³-hybridized carbons (Fsp3) is 0.400. The molecule has 17 heavy (non-hydrogen) atoms. The first-order valence-electron chi connectivity index (χ1n) is 4.95. The predicted molar refractivity (Wildman–Crippen MR) is 57.6 cm³/mol. The van der Waals surface area contributed by atoms with Gasteiger partial charge in [-0.3, -0.25) is 9.59 Å². The third-order valence-corrected chi connectivity index (χ3v) is 2.44. The van der Waals surface area contributed by atoms with Crippen LogP contribution in [0.1, 0.15) is 11.5 Å². The smallest absolute Gasteiger partial charge is 0.327 e. The highest BCUT2D eigenvalue weighted by atomic mass is 16.5. The lowest BCUT2D eigenvalue weighted by Gasteiger charge is -2.04. The number of esters is 1. The van der Waals surface area contributed by atoms with Gasteiger partial charge in [-0.1, -0.05) is 5.16 Å². The monoisotopic (exact) mass is 237 g/mol. The van der Waals surface area contributed by atoms with E-state index in [9.17, 15) is 9.59 Å². The zero-order chi connectivity index (χ0) is 12.6. The quantitative estimate of drug-likeness (QED) is 0.692. The number of aromatic nitrogens is 3. The van der Waals surface area contributed by atoms with Gasteiger partial charge in [-0.2, -0.15) is 5.10 Å². The maximum Gasteiger partial charge on any atom is 0.327 e. The van der Waals surface area contributed by atoms with Crippen LogP contribution in [0.3, 0.4) is 0 Å². The molecule has 90 valence electrons. The minimum Gasteiger partial charge on any atom is -0.468 e. The molecule has 0 amide bonds. The average molecular weight is 237 g/mol. The second-order valence-corrected chi connectivity index (χ2v) is 3.59. The number of fused-ring (bicyclic) bond motifs is 1. The molecule has 0 aliphatic carbocycles. The van der Waals surface area contributed by atoms with E-state index in [1.807, 2.05) is 0 Å². The van der Waals surface area contributed by atoms with Crippen LogP contribution in [-0.4, -0.2) is 28.0 Å². The van der Waals surface area contributed by atoms with Gasteiger partial charge in [0.05, 0.1) is 18.2 Å². The van der Waals surface area contributed by atoms with E-state index in [-0.39, 0.29) is 12.1 Å². The summed E-state index contributed by atoms with van der Waals surface area (Å²) in [6, 6.07) is 0. The highest BCUT2D eigenvalue weighted by Gasteiger charge is 2.16. The molecular formula is C10H11N3O4. The summed E-state index contributed by atoms with van der Waals surface area (Å²) in [5.41, 5.74) is 0.300. The molecule has 0 bridgehead atoms. The van der Waals surface area contributed by atoms with Gasteiger partial charge in [0.1, 0.15) is 12.3 Å². The van der Waals surface area contributed by atoms with Crippen molar-refractivity contribution >= 4 is 16.9 Å². The second-order valence-electron chi connectivity index (χ2n) is 3.59. The molecule has 0 atom stereocenters. The lowest BCUT2D eigenvalue weighted by Crippen LogP contribution is -2.28. The molecule has 0 radical (unpaired) electrons. The van der Waals surface area contributed by atoms with Crippen LogP contribution in [-0.2, 0) is 16.1 Å². The first kappa shape index (κ1) is 11.3. The van der Waals surface area contributed by atoms with Gasteiger partial charge in [0.15, 0.2) is 5.52 Å². The number of carbonyl (C=O) groups excluding carboxylic acids is 1. The molecule has 2 rings (SSSR count). The van der Waals surface area contributed by atoms with E-state index in [1.54, 1.807) is 13.8 Å². The number of nitrogens with zero attached hydrogens (tertiary/aromatic N) is 3. The molecule has 0 spiro atoms. The van der Waals surface area contributed by atoms with Crippen molar-refractivity contribution in [3.05, 3.63) is 21.8 Å². The molecule has 0 aliphatic heterocycles. The number of carbonyl (C=O) groups is 1. The van der Waals surface area contributed by atoms with Gasteiger partial charge in [0, 0.05) is 0 Å². The summed E-state index contributed by atoms with van der Waals surface area (Å²) in [7, 11) is 1.25. The predicted octanol–water partition coefficient (Wildman–Crippen LogP) is 0.174. The average Bonchev–Trinajstić information content (AvgIpc) is 2.68. The maximum atomic E-state index is 11.9. The standard InChI is InChI=1S/C10H11N3O4/c1-5-8-6(2)17-12-9(8)10(15)13(11-5)4-7(14)16-3/h4H2,1-3H3. The molecule has 0 unspecified atom stereocenters. The van der Waals surface area contributed by atoms with E-state index >= 15 is 0 Å². The molecule has 7 nitrogen and oxygen atoms in total. The van der Waals surface area contributed by atoms with Crippen molar-refractivity contribution in [3.63, 3.8) is 0 Å². The van der Waals surface area contributed by atoms with Crippen LogP contribution in [0.2, 0.25) is 0 Å². The zero-order valence-electron chi connectivity index (χ0n) is 9.68. The fourth-order valence-corrected chi connectivity index (χ4v) is 1.64. The Balaban J connectivity index is 2.64. The number of ether oxygens (including phenoxy) is 1. The Labute approximate surface area is 96.0 Å². The largest absolute Gasteiger partial charge is 0.468 e. The van der Waals surface area contributed by atoms with Gasteiger partial charge in [0.2, 0.25) is 0 Å². The van der Waals surface area contributed by atoms with Crippen LogP contribution in [0.25, 0.3) is 10.9 Å². The van der Waals surface area contributed by atoms with E-state index in [1.165, 1.54) is 7.11 Å². The van der Waals surface area contributed by atoms with Crippen LogP contribution in [0.15, 0.2) is 9.32 Å². The van der Waals surface area contributed by atoms with E-state index in [4.69, 9.17) is 4.52 Å². The van der Waals surface area contributed by atoms with E-state index < -0.39 is 11.5 Å².